The molecule has 1 aliphatic heterocycles. The van der Waals surface area contributed by atoms with E-state index in [1.54, 1.807) is 18.2 Å². The monoisotopic (exact) mass is 379 g/mol. The molecule has 1 fully saturated rings. The predicted molar refractivity (Wildman–Crippen MR) is 102 cm³/mol. The highest BCUT2D eigenvalue weighted by molar-refractivity contribution is 6.56. The van der Waals surface area contributed by atoms with Crippen LogP contribution in [-0.2, 0) is 18.8 Å². The summed E-state index contributed by atoms with van der Waals surface area (Å²) in [5, 5.41) is 2.73. The number of amides is 1. The Morgan fingerprint density at radius 3 is 2.41 bits per heavy atom. The van der Waals surface area contributed by atoms with Gasteiger partial charge in [0.05, 0.1) is 11.2 Å². The van der Waals surface area contributed by atoms with Crippen molar-refractivity contribution in [1.82, 2.24) is 5.32 Å². The van der Waals surface area contributed by atoms with E-state index in [2.05, 4.69) is 5.32 Å². The fraction of sp³-hybridized carbons (Fsp3) is 0.526. The maximum Gasteiger partial charge on any atom is 0.492 e. The highest BCUT2D eigenvalue weighted by Gasteiger charge is 2.52. The van der Waals surface area contributed by atoms with Gasteiger partial charge in [-0.15, -0.1) is 0 Å². The lowest BCUT2D eigenvalue weighted by molar-refractivity contribution is -0.118. The van der Waals surface area contributed by atoms with E-state index in [0.29, 0.717) is 16.8 Å². The first-order chi connectivity index (χ1) is 12.6. The number of hydrogen-bond donors (Lipinski definition) is 1. The fourth-order valence-electron chi connectivity index (χ4n) is 2.46. The van der Waals surface area contributed by atoms with Crippen LogP contribution < -0.4 is 10.1 Å². The van der Waals surface area contributed by atoms with Crippen LogP contribution in [0.2, 0.25) is 0 Å². The summed E-state index contributed by atoms with van der Waals surface area (Å²) in [7, 11) is 0.803. The summed E-state index contributed by atoms with van der Waals surface area (Å²) < 4.78 is 36.6. The number of methoxy groups -OCH3 is 1. The van der Waals surface area contributed by atoms with Gasteiger partial charge in [-0.3, -0.25) is 4.79 Å². The molecule has 2 rings (SSSR count). The SMILES string of the molecule is COCOc1ccc(C=C(CNC(C)=O)B2OC(C)(C)C(C)(C)O2)c(F)c1. The van der Waals surface area contributed by atoms with Crippen LogP contribution in [-0.4, -0.2) is 44.7 Å². The van der Waals surface area contributed by atoms with Gasteiger partial charge in [-0.1, -0.05) is 6.08 Å². The van der Waals surface area contributed by atoms with E-state index in [1.807, 2.05) is 27.7 Å². The molecule has 8 heteroatoms. The molecule has 1 N–H and O–H groups in total. The predicted octanol–water partition coefficient (Wildman–Crippen LogP) is 2.96. The lowest BCUT2D eigenvalue weighted by Crippen LogP contribution is -2.41. The average Bonchev–Trinajstić information content (AvgIpc) is 2.78. The Balaban J connectivity index is 2.30. The van der Waals surface area contributed by atoms with Gasteiger partial charge < -0.3 is 24.1 Å². The molecule has 148 valence electrons. The van der Waals surface area contributed by atoms with Crippen molar-refractivity contribution in [2.75, 3.05) is 20.4 Å². The summed E-state index contributed by atoms with van der Waals surface area (Å²) in [4.78, 5) is 11.4. The Bertz CT molecular complexity index is 704. The first-order valence-electron chi connectivity index (χ1n) is 8.77. The van der Waals surface area contributed by atoms with E-state index in [1.165, 1.54) is 20.1 Å². The van der Waals surface area contributed by atoms with Crippen LogP contribution in [0.4, 0.5) is 4.39 Å². The molecule has 0 spiro atoms. The molecule has 1 saturated heterocycles. The largest absolute Gasteiger partial charge is 0.492 e. The Labute approximate surface area is 160 Å². The number of hydrogen-bond acceptors (Lipinski definition) is 5. The van der Waals surface area contributed by atoms with E-state index >= 15 is 0 Å². The molecule has 1 aliphatic rings. The average molecular weight is 379 g/mol. The zero-order valence-electron chi connectivity index (χ0n) is 16.7. The van der Waals surface area contributed by atoms with Gasteiger partial charge in [-0.2, -0.15) is 0 Å². The van der Waals surface area contributed by atoms with Gasteiger partial charge in [0, 0.05) is 32.2 Å². The zero-order valence-corrected chi connectivity index (χ0v) is 16.7. The van der Waals surface area contributed by atoms with E-state index in [4.69, 9.17) is 18.8 Å². The molecular weight excluding hydrogens is 352 g/mol. The standard InChI is InChI=1S/C19H27BFNO5/c1-13(23)22-11-15(20-26-18(2,3)19(4,5)27-20)9-14-7-8-16(10-17(14)21)25-12-24-6/h7-10H,11-12H2,1-6H3,(H,22,23). The highest BCUT2D eigenvalue weighted by Crippen LogP contribution is 2.38. The lowest BCUT2D eigenvalue weighted by Gasteiger charge is -2.32. The number of carbonyl (C=O) groups excluding carboxylic acids is 1. The van der Waals surface area contributed by atoms with Crippen LogP contribution in [0.1, 0.15) is 40.2 Å². The van der Waals surface area contributed by atoms with Crippen LogP contribution in [0.25, 0.3) is 6.08 Å². The Morgan fingerprint density at radius 2 is 1.89 bits per heavy atom. The first kappa shape index (κ1) is 21.4. The quantitative estimate of drug-likeness (QED) is 0.583. The number of carbonyl (C=O) groups is 1. The molecule has 1 aromatic carbocycles. The van der Waals surface area contributed by atoms with Crippen molar-refractivity contribution in [3.05, 3.63) is 35.1 Å². The Kier molecular flexibility index (Phi) is 6.67. The number of benzene rings is 1. The minimum Gasteiger partial charge on any atom is -0.467 e. The van der Waals surface area contributed by atoms with Crippen molar-refractivity contribution in [3.63, 3.8) is 0 Å². The molecule has 0 aliphatic carbocycles. The van der Waals surface area contributed by atoms with Crippen molar-refractivity contribution in [2.45, 2.75) is 45.8 Å². The molecule has 27 heavy (non-hydrogen) atoms. The van der Waals surface area contributed by atoms with Gasteiger partial charge in [0.15, 0.2) is 6.79 Å². The van der Waals surface area contributed by atoms with Gasteiger partial charge in [0.1, 0.15) is 11.6 Å². The molecule has 1 heterocycles. The van der Waals surface area contributed by atoms with Crippen LogP contribution in [0.3, 0.4) is 0 Å². The molecular formula is C19H27BFNO5. The van der Waals surface area contributed by atoms with Crippen molar-refractivity contribution in [2.24, 2.45) is 0 Å². The lowest BCUT2D eigenvalue weighted by atomic mass is 9.77. The number of ether oxygens (including phenoxy) is 2. The summed E-state index contributed by atoms with van der Waals surface area (Å²) in [5.41, 5.74) is -0.115. The summed E-state index contributed by atoms with van der Waals surface area (Å²) in [5.74, 6) is -0.285. The molecule has 0 radical (unpaired) electrons. The first-order valence-corrected chi connectivity index (χ1v) is 8.77. The number of nitrogens with one attached hydrogen (secondary N) is 1. The van der Waals surface area contributed by atoms with Crippen LogP contribution in [0, 0.1) is 5.82 Å². The van der Waals surface area contributed by atoms with Crippen molar-refractivity contribution in [1.29, 1.82) is 0 Å². The Morgan fingerprint density at radius 1 is 1.26 bits per heavy atom. The summed E-state index contributed by atoms with van der Waals surface area (Å²) >= 11 is 0. The van der Waals surface area contributed by atoms with E-state index in [0.717, 1.165) is 0 Å². The van der Waals surface area contributed by atoms with Crippen molar-refractivity contribution < 1.29 is 28.0 Å². The maximum atomic E-state index is 14.5. The molecule has 0 bridgehead atoms. The second-order valence-electron chi connectivity index (χ2n) is 7.45. The zero-order chi connectivity index (χ0) is 20.2. The van der Waals surface area contributed by atoms with Gasteiger partial charge in [0.25, 0.3) is 0 Å². The van der Waals surface area contributed by atoms with Crippen molar-refractivity contribution in [3.8, 4) is 5.75 Å². The minimum atomic E-state index is -0.689. The number of rotatable bonds is 7. The summed E-state index contributed by atoms with van der Waals surface area (Å²) in [6.45, 7) is 9.39. The summed E-state index contributed by atoms with van der Waals surface area (Å²) in [6, 6.07) is 4.53. The maximum absolute atomic E-state index is 14.5. The Hall–Kier alpha value is -1.90. The topological polar surface area (TPSA) is 66.0 Å². The van der Waals surface area contributed by atoms with Gasteiger partial charge in [0.2, 0.25) is 5.91 Å². The smallest absolute Gasteiger partial charge is 0.467 e. The third-order valence-electron chi connectivity index (χ3n) is 4.75. The molecule has 0 unspecified atom stereocenters. The normalized spacial score (nSPS) is 18.5. The molecule has 1 amide bonds. The van der Waals surface area contributed by atoms with Gasteiger partial charge >= 0.3 is 7.12 Å². The van der Waals surface area contributed by atoms with E-state index in [9.17, 15) is 9.18 Å². The highest BCUT2D eigenvalue weighted by atomic mass is 19.1. The second-order valence-corrected chi connectivity index (χ2v) is 7.45. The minimum absolute atomic E-state index is 0.0380. The van der Waals surface area contributed by atoms with Gasteiger partial charge in [-0.25, -0.2) is 4.39 Å². The van der Waals surface area contributed by atoms with Crippen LogP contribution in [0.15, 0.2) is 23.7 Å². The third-order valence-corrected chi connectivity index (χ3v) is 4.75. The third kappa shape index (κ3) is 5.31. The number of halogens is 1. The summed E-state index contributed by atoms with van der Waals surface area (Å²) in [6.07, 6.45) is 1.63. The van der Waals surface area contributed by atoms with Crippen molar-refractivity contribution >= 4 is 19.1 Å². The fourth-order valence-corrected chi connectivity index (χ4v) is 2.46. The van der Waals surface area contributed by atoms with Gasteiger partial charge in [-0.05, 0) is 45.3 Å². The molecule has 6 nitrogen and oxygen atoms in total. The van der Waals surface area contributed by atoms with Crippen LogP contribution in [0.5, 0.6) is 5.75 Å². The van der Waals surface area contributed by atoms with E-state index < -0.39 is 24.1 Å². The molecule has 0 aromatic heterocycles. The van der Waals surface area contributed by atoms with Crippen LogP contribution >= 0.6 is 0 Å². The molecule has 1 aromatic rings. The second kappa shape index (κ2) is 8.41. The molecule has 0 saturated carbocycles. The van der Waals surface area contributed by atoms with E-state index in [-0.39, 0.29) is 19.2 Å². The molecule has 0 atom stereocenters.